The third kappa shape index (κ3) is 34.6. The van der Waals surface area contributed by atoms with Crippen molar-refractivity contribution in [2.45, 2.75) is 322 Å². The molecule has 2 heterocycles. The van der Waals surface area contributed by atoms with Crippen LogP contribution < -0.4 is 0 Å². The Kier molecular flexibility index (Phi) is 29.6. The lowest BCUT2D eigenvalue weighted by Crippen LogP contribution is -2.70. The van der Waals surface area contributed by atoms with Gasteiger partial charge in [-0.15, -0.1) is 5.16 Å². The van der Waals surface area contributed by atoms with E-state index in [2.05, 4.69) is 236 Å². The Morgan fingerprint density at radius 1 is 0.337 bits per heavy atom. The maximum atomic E-state index is 7.96. The predicted octanol–water partition coefficient (Wildman–Crippen LogP) is 14.4. The highest BCUT2D eigenvalue weighted by atomic mass is 28.4. The van der Waals surface area contributed by atoms with Gasteiger partial charge in [-0.05, 0) is 236 Å². The molecule has 0 radical (unpaired) electrons. The predicted molar refractivity (Wildman–Crippen MR) is 374 cm³/mol. The van der Waals surface area contributed by atoms with Crippen LogP contribution in [0.3, 0.4) is 0 Å². The monoisotopic (exact) mass is 1380 g/mol. The molecule has 2 saturated heterocycles. The summed E-state index contributed by atoms with van der Waals surface area (Å²) in [5, 5.41) is 4.71. The van der Waals surface area contributed by atoms with Gasteiger partial charge in [-0.25, -0.2) is 0 Å². The van der Waals surface area contributed by atoms with Crippen LogP contribution in [0.25, 0.3) is 0 Å². The van der Waals surface area contributed by atoms with Crippen molar-refractivity contribution in [1.82, 2.24) is 0 Å². The van der Waals surface area contributed by atoms with Crippen molar-refractivity contribution in [2.75, 3.05) is 19.8 Å². The lowest BCUT2D eigenvalue weighted by atomic mass is 9.96. The summed E-state index contributed by atoms with van der Waals surface area (Å²) in [4.78, 5) is 0. The summed E-state index contributed by atoms with van der Waals surface area (Å²) in [6, 6.07) is 0. The van der Waals surface area contributed by atoms with E-state index in [1.54, 1.807) is 6.21 Å². The van der Waals surface area contributed by atoms with Crippen molar-refractivity contribution in [1.29, 1.82) is 0 Å². The molecule has 0 aliphatic carbocycles. The van der Waals surface area contributed by atoms with Crippen molar-refractivity contribution in [2.24, 2.45) is 5.16 Å². The van der Waals surface area contributed by atoms with Crippen molar-refractivity contribution in [3.63, 3.8) is 0 Å². The molecular weight excluding hydrogens is 1260 g/mol. The fourth-order valence-electron chi connectivity index (χ4n) is 9.01. The van der Waals surface area contributed by atoms with Crippen LogP contribution in [0, 0.1) is 0 Å². The van der Waals surface area contributed by atoms with Gasteiger partial charge in [-0.2, -0.15) is 0 Å². The number of oxime groups is 1. The molecule has 0 bridgehead atoms. The molecule has 0 amide bonds. The number of rotatable bonds is 35. The zero-order chi connectivity index (χ0) is 64.9. The normalized spacial score (nSPS) is 27.2. The quantitative estimate of drug-likeness (QED) is 0.0335. The lowest BCUT2D eigenvalue weighted by Gasteiger charge is -2.54. The van der Waals surface area contributed by atoms with Crippen molar-refractivity contribution in [3.05, 3.63) is 0 Å². The standard InChI is InChI=1S/C54H129NO16Si12/c1-72(2,3)56-38-42-47(66-78(19,20)21)49(62-54-52(70-82(31,32)33)50(68-80(25,26)27)48(67-79(22,23)24)43(60-54)39-57-73(4,5)6)51(69-81(28,29)30)53(59-42)61-45(44(64-76(13,14)15)40-58-74(7,8)9)46(65-77(16,17)18)41(63-75(10,11)12)37-55-71-83(34,35)36/h37,41-54H,38-40H2,1-36H3/b55-37+/t41-,42+,43+,44+,45+,46+,47-,48-,49-,50-,51+,52+,53-,54+/m1/s1. The zero-order valence-corrected chi connectivity index (χ0v) is 71.8. The van der Waals surface area contributed by atoms with Crippen molar-refractivity contribution < 1.29 is 72.2 Å². The molecule has 0 unspecified atom stereocenters. The molecule has 0 spiro atoms. The van der Waals surface area contributed by atoms with Gasteiger partial charge in [-0.3, -0.25) is 0 Å². The fourth-order valence-corrected chi connectivity index (χ4v) is 20.0. The second-order valence-corrected chi connectivity index (χ2v) is 88.3. The topological polar surface area (TPSA) is 160 Å². The molecule has 2 aliphatic heterocycles. The van der Waals surface area contributed by atoms with Crippen LogP contribution in [0.15, 0.2) is 5.16 Å². The average Bonchev–Trinajstić information content (AvgIpc) is 3.18. The summed E-state index contributed by atoms with van der Waals surface area (Å²) < 4.78 is 117. The maximum absolute atomic E-state index is 7.96. The number of nitrogens with zero attached hydrogens (tertiary/aromatic N) is 1. The summed E-state index contributed by atoms with van der Waals surface area (Å²) in [6.45, 7) is 79.6. The van der Waals surface area contributed by atoms with Crippen LogP contribution in [0.5, 0.6) is 0 Å². The molecule has 2 fully saturated rings. The molecule has 2 rings (SSSR count). The van der Waals surface area contributed by atoms with Gasteiger partial charge in [-0.1, -0.05) is 0 Å². The lowest BCUT2D eigenvalue weighted by molar-refractivity contribution is -0.360. The van der Waals surface area contributed by atoms with E-state index in [1.807, 2.05) is 0 Å². The van der Waals surface area contributed by atoms with E-state index in [4.69, 9.17) is 77.3 Å². The van der Waals surface area contributed by atoms with Crippen LogP contribution in [0.1, 0.15) is 0 Å². The second kappa shape index (κ2) is 30.5. The summed E-state index contributed by atoms with van der Waals surface area (Å²) in [7, 11) is -28.0. The van der Waals surface area contributed by atoms with Gasteiger partial charge in [0.05, 0.1) is 32.1 Å². The van der Waals surface area contributed by atoms with E-state index < -0.39 is 186 Å². The summed E-state index contributed by atoms with van der Waals surface area (Å²) in [5.74, 6) is 0. The molecule has 2 aliphatic rings. The van der Waals surface area contributed by atoms with E-state index in [1.165, 1.54) is 0 Å². The van der Waals surface area contributed by atoms with Crippen molar-refractivity contribution >= 4 is 106 Å². The molecule has 494 valence electrons. The highest BCUT2D eigenvalue weighted by Gasteiger charge is 2.59. The molecule has 83 heavy (non-hydrogen) atoms. The van der Waals surface area contributed by atoms with Crippen molar-refractivity contribution in [3.8, 4) is 0 Å². The Bertz CT molecular complexity index is 1960. The molecule has 0 N–H and O–H groups in total. The Morgan fingerprint density at radius 3 is 1.05 bits per heavy atom. The van der Waals surface area contributed by atoms with Gasteiger partial charge in [0.2, 0.25) is 0 Å². The van der Waals surface area contributed by atoms with Crippen LogP contribution in [0.4, 0.5) is 0 Å². The molecule has 0 aromatic rings. The van der Waals surface area contributed by atoms with E-state index in [9.17, 15) is 0 Å². The van der Waals surface area contributed by atoms with Gasteiger partial charge in [0.15, 0.2) is 104 Å². The minimum Gasteiger partial charge on any atom is -0.456 e. The minimum absolute atomic E-state index is 0.208. The molecule has 17 nitrogen and oxygen atoms in total. The first-order valence-electron chi connectivity index (χ1n) is 30.8. The number of hydrogen-bond donors (Lipinski definition) is 0. The first-order valence-corrected chi connectivity index (χ1v) is 71.7. The largest absolute Gasteiger partial charge is 0.456 e. The van der Waals surface area contributed by atoms with Crippen LogP contribution in [-0.4, -0.2) is 212 Å². The van der Waals surface area contributed by atoms with Crippen LogP contribution >= 0.6 is 0 Å². The molecule has 0 aromatic heterocycles. The number of hydrogen-bond acceptors (Lipinski definition) is 17. The Hall–Kier alpha value is 1.47. The third-order valence-corrected chi connectivity index (χ3v) is 22.9. The van der Waals surface area contributed by atoms with E-state index in [-0.39, 0.29) is 19.8 Å². The number of ether oxygens (including phenoxy) is 4. The first kappa shape index (κ1) is 80.6. The van der Waals surface area contributed by atoms with E-state index >= 15 is 0 Å². The fraction of sp³-hybridized carbons (Fsp3) is 0.981. The highest BCUT2D eigenvalue weighted by Crippen LogP contribution is 2.41. The summed E-state index contributed by atoms with van der Waals surface area (Å²) in [5.41, 5.74) is 0. The highest BCUT2D eigenvalue weighted by molar-refractivity contribution is 6.73. The van der Waals surface area contributed by atoms with Gasteiger partial charge < -0.3 is 72.2 Å². The maximum Gasteiger partial charge on any atom is 0.278 e. The smallest absolute Gasteiger partial charge is 0.278 e. The zero-order valence-electron chi connectivity index (χ0n) is 59.8. The second-order valence-electron chi connectivity index (χ2n) is 34.6. The van der Waals surface area contributed by atoms with Gasteiger partial charge in [0, 0.05) is 0 Å². The Labute approximate surface area is 521 Å². The van der Waals surface area contributed by atoms with Gasteiger partial charge in [0.1, 0.15) is 67.1 Å². The molecule has 29 heteroatoms. The average molecular weight is 1390 g/mol. The van der Waals surface area contributed by atoms with Gasteiger partial charge in [0.25, 0.3) is 8.32 Å². The molecule has 0 saturated carbocycles. The summed E-state index contributed by atoms with van der Waals surface area (Å²) >= 11 is 0. The molecule has 0 aromatic carbocycles. The van der Waals surface area contributed by atoms with E-state index in [0.717, 1.165) is 0 Å². The SMILES string of the molecule is C[Si](C)(C)OC[C@H](O[Si](C)(C)C)[C@H](O[C@H]1O[C@@H](CO[Si](C)(C)C)[C@@H](O[Si](C)(C)C)[C@@H](O[C@@H]2O[C@@H](CO[Si](C)(C)C)[C@@H](O[Si](C)(C)C)[C@@H](O[Si](C)(C)C)[C@@H]2O[Si](C)(C)C)[C@@H]1O[Si](C)(C)C)[C@@H](O[Si](C)(C)C)[C@@H](/C=N/O[Si](C)(C)C)O[Si](C)(C)C. The van der Waals surface area contributed by atoms with Crippen LogP contribution in [-0.2, 0) is 72.2 Å². The molecule has 14 atom stereocenters. The minimum atomic E-state index is -2.59. The van der Waals surface area contributed by atoms with Gasteiger partial charge >= 0.3 is 0 Å². The summed E-state index contributed by atoms with van der Waals surface area (Å²) in [6.07, 6.45) is -8.99. The molecular formula is C54H129NO16Si12. The first-order chi connectivity index (χ1) is 36.6. The van der Waals surface area contributed by atoms with E-state index in [0.29, 0.717) is 0 Å². The Balaban J connectivity index is 3.45. The van der Waals surface area contributed by atoms with Crippen LogP contribution in [0.2, 0.25) is 236 Å². The third-order valence-electron chi connectivity index (χ3n) is 11.3. The Morgan fingerprint density at radius 2 is 0.687 bits per heavy atom.